The number of hydrogen-bond donors (Lipinski definition) is 4. The van der Waals surface area contributed by atoms with Gasteiger partial charge in [0.25, 0.3) is 5.91 Å². The van der Waals surface area contributed by atoms with Gasteiger partial charge in [-0.15, -0.1) is 0 Å². The predicted octanol–water partition coefficient (Wildman–Crippen LogP) is 1.48. The molecule has 1 fully saturated rings. The topological polar surface area (TPSA) is 89.8 Å². The molecular weight excluding hydrogens is 324 g/mol. The number of halogens is 1. The molecule has 7 heteroatoms. The van der Waals surface area contributed by atoms with E-state index in [2.05, 4.69) is 36.5 Å². The normalized spacial score (nSPS) is 14.2. The smallest absolute Gasteiger partial charge is 0.321 e. The van der Waals surface area contributed by atoms with Gasteiger partial charge in [0.1, 0.15) is 0 Å². The summed E-state index contributed by atoms with van der Waals surface area (Å²) in [5, 5.41) is 5.96. The molecule has 2 aromatic rings. The van der Waals surface area contributed by atoms with Crippen LogP contribution < -0.4 is 16.3 Å². The maximum absolute atomic E-state index is 12.1. The minimum absolute atomic E-state index is 0.126. The van der Waals surface area contributed by atoms with Gasteiger partial charge >= 0.3 is 5.69 Å². The van der Waals surface area contributed by atoms with E-state index in [9.17, 15) is 9.59 Å². The quantitative estimate of drug-likeness (QED) is 0.626. The van der Waals surface area contributed by atoms with Crippen molar-refractivity contribution in [3.63, 3.8) is 0 Å². The fourth-order valence-electron chi connectivity index (χ4n) is 2.04. The molecule has 0 unspecified atom stereocenters. The Labute approximate surface area is 122 Å². The fourth-order valence-corrected chi connectivity index (χ4v) is 2.49. The Bertz CT molecular complexity index is 781. The van der Waals surface area contributed by atoms with E-state index in [1.807, 2.05) is 6.92 Å². The van der Waals surface area contributed by atoms with E-state index in [1.165, 1.54) is 0 Å². The van der Waals surface area contributed by atoms with Gasteiger partial charge in [0, 0.05) is 23.1 Å². The van der Waals surface area contributed by atoms with Crippen molar-refractivity contribution in [1.29, 1.82) is 0 Å². The molecule has 104 valence electrons. The third-order valence-electron chi connectivity index (χ3n) is 3.40. The van der Waals surface area contributed by atoms with Crippen LogP contribution in [-0.4, -0.2) is 29.0 Å². The number of hydrogen-bond acceptors (Lipinski definition) is 3. The summed E-state index contributed by atoms with van der Waals surface area (Å²) in [5.41, 5.74) is 3.56. The van der Waals surface area contributed by atoms with Gasteiger partial charge in [0.2, 0.25) is 0 Å². The lowest BCUT2D eigenvalue weighted by Crippen LogP contribution is -2.36. The van der Waals surface area contributed by atoms with Crippen molar-refractivity contribution in [2.24, 2.45) is 0 Å². The maximum atomic E-state index is 12.1. The van der Waals surface area contributed by atoms with Gasteiger partial charge in [-0.1, -0.05) is 0 Å². The van der Waals surface area contributed by atoms with Crippen molar-refractivity contribution in [3.05, 3.63) is 38.2 Å². The minimum atomic E-state index is -0.269. The molecule has 1 saturated heterocycles. The molecular formula is C13H13BrN4O2. The van der Waals surface area contributed by atoms with Crippen molar-refractivity contribution < 1.29 is 4.79 Å². The van der Waals surface area contributed by atoms with Gasteiger partial charge in [0.05, 0.1) is 16.7 Å². The Morgan fingerprint density at radius 1 is 1.25 bits per heavy atom. The molecule has 2 heterocycles. The van der Waals surface area contributed by atoms with E-state index < -0.39 is 0 Å². The standard InChI is InChI=1S/C13H13BrN4O2/c1-6(7-4-15-5-7)12(19)16-9-3-11-10(2-8(9)14)17-13(20)18-11/h2-3,15H,4-5H2,1H3,(H,16,19)(H2,17,18,20). The molecule has 0 radical (unpaired) electrons. The van der Waals surface area contributed by atoms with Gasteiger partial charge in [-0.2, -0.15) is 0 Å². The molecule has 0 aliphatic carbocycles. The summed E-state index contributed by atoms with van der Waals surface area (Å²) in [7, 11) is 0. The van der Waals surface area contributed by atoms with E-state index in [4.69, 9.17) is 0 Å². The molecule has 0 bridgehead atoms. The lowest BCUT2D eigenvalue weighted by Gasteiger charge is -2.21. The van der Waals surface area contributed by atoms with E-state index in [-0.39, 0.29) is 11.6 Å². The van der Waals surface area contributed by atoms with Crippen molar-refractivity contribution in [2.45, 2.75) is 6.92 Å². The van der Waals surface area contributed by atoms with Gasteiger partial charge in [-0.05, 0) is 40.6 Å². The maximum Gasteiger partial charge on any atom is 0.323 e. The Hall–Kier alpha value is -1.86. The number of carbonyl (C=O) groups is 1. The number of anilines is 1. The molecule has 0 atom stereocenters. The number of amides is 1. The minimum Gasteiger partial charge on any atom is -0.321 e. The van der Waals surface area contributed by atoms with Crippen LogP contribution in [0.5, 0.6) is 0 Å². The molecule has 6 nitrogen and oxygen atoms in total. The van der Waals surface area contributed by atoms with Crippen LogP contribution in [0, 0.1) is 0 Å². The van der Waals surface area contributed by atoms with Crippen molar-refractivity contribution in [1.82, 2.24) is 15.3 Å². The molecule has 4 N–H and O–H groups in total. The van der Waals surface area contributed by atoms with Gasteiger partial charge < -0.3 is 20.6 Å². The van der Waals surface area contributed by atoms with Gasteiger partial charge in [0.15, 0.2) is 0 Å². The Morgan fingerprint density at radius 2 is 1.90 bits per heavy atom. The number of imidazole rings is 1. The van der Waals surface area contributed by atoms with Crippen LogP contribution in [0.1, 0.15) is 6.92 Å². The molecule has 1 aliphatic rings. The third-order valence-corrected chi connectivity index (χ3v) is 4.06. The Morgan fingerprint density at radius 3 is 2.50 bits per heavy atom. The molecule has 1 aromatic carbocycles. The highest BCUT2D eigenvalue weighted by molar-refractivity contribution is 9.10. The average molecular weight is 337 g/mol. The second kappa shape index (κ2) is 4.92. The van der Waals surface area contributed by atoms with Crippen molar-refractivity contribution in [2.75, 3.05) is 18.4 Å². The monoisotopic (exact) mass is 336 g/mol. The molecule has 20 heavy (non-hydrogen) atoms. The van der Waals surface area contributed by atoms with E-state index >= 15 is 0 Å². The Kier molecular flexibility index (Phi) is 3.23. The van der Waals surface area contributed by atoms with E-state index in [1.54, 1.807) is 12.1 Å². The predicted molar refractivity (Wildman–Crippen MR) is 80.8 cm³/mol. The van der Waals surface area contributed by atoms with Crippen LogP contribution >= 0.6 is 15.9 Å². The van der Waals surface area contributed by atoms with Crippen LogP contribution in [0.25, 0.3) is 11.0 Å². The summed E-state index contributed by atoms with van der Waals surface area (Å²) in [6, 6.07) is 3.49. The number of fused-ring (bicyclic) bond motifs is 1. The number of benzene rings is 1. The van der Waals surface area contributed by atoms with E-state index in [0.717, 1.165) is 28.7 Å². The first-order chi connectivity index (χ1) is 9.54. The van der Waals surface area contributed by atoms with Crippen LogP contribution in [0.2, 0.25) is 0 Å². The van der Waals surface area contributed by atoms with Gasteiger partial charge in [-0.3, -0.25) is 4.79 Å². The molecule has 1 aromatic heterocycles. The first kappa shape index (κ1) is 13.1. The third kappa shape index (κ3) is 2.30. The zero-order chi connectivity index (χ0) is 14.3. The highest BCUT2D eigenvalue weighted by Gasteiger charge is 2.17. The average Bonchev–Trinajstić information content (AvgIpc) is 2.66. The summed E-state index contributed by atoms with van der Waals surface area (Å²) >= 11 is 3.39. The largest absolute Gasteiger partial charge is 0.323 e. The second-order valence-electron chi connectivity index (χ2n) is 4.74. The molecule has 0 spiro atoms. The first-order valence-corrected chi connectivity index (χ1v) is 6.96. The first-order valence-electron chi connectivity index (χ1n) is 6.17. The number of aromatic amines is 2. The SMILES string of the molecule is CC(C(=O)Nc1cc2[nH]c(=O)[nH]c2cc1Br)=C1CNC1. The van der Waals surface area contributed by atoms with Crippen LogP contribution in [0.15, 0.2) is 32.5 Å². The number of carbonyl (C=O) groups excluding carboxylic acids is 1. The van der Waals surface area contributed by atoms with E-state index in [0.29, 0.717) is 16.7 Å². The Balaban J connectivity index is 1.92. The highest BCUT2D eigenvalue weighted by Crippen LogP contribution is 2.27. The van der Waals surface area contributed by atoms with Crippen molar-refractivity contribution in [3.8, 4) is 0 Å². The lowest BCUT2D eigenvalue weighted by molar-refractivity contribution is -0.112. The zero-order valence-corrected chi connectivity index (χ0v) is 12.3. The number of nitrogens with one attached hydrogen (secondary N) is 4. The summed E-state index contributed by atoms with van der Waals surface area (Å²) in [6.45, 7) is 3.35. The number of rotatable bonds is 2. The zero-order valence-electron chi connectivity index (χ0n) is 10.8. The van der Waals surface area contributed by atoms with Crippen LogP contribution in [0.4, 0.5) is 5.69 Å². The number of H-pyrrole nitrogens is 2. The second-order valence-corrected chi connectivity index (χ2v) is 5.60. The van der Waals surface area contributed by atoms with Gasteiger partial charge in [-0.25, -0.2) is 4.79 Å². The summed E-state index contributed by atoms with van der Waals surface area (Å²) in [6.07, 6.45) is 0. The molecule has 1 aliphatic heterocycles. The molecule has 3 rings (SSSR count). The molecule has 1 amide bonds. The fraction of sp³-hybridized carbons (Fsp3) is 0.231. The summed E-state index contributed by atoms with van der Waals surface area (Å²) < 4.78 is 0.720. The lowest BCUT2D eigenvalue weighted by atomic mass is 10.0. The number of aromatic nitrogens is 2. The molecule has 0 saturated carbocycles. The summed E-state index contributed by atoms with van der Waals surface area (Å²) in [4.78, 5) is 28.7. The summed E-state index contributed by atoms with van der Waals surface area (Å²) in [5.74, 6) is -0.126. The van der Waals surface area contributed by atoms with Crippen molar-refractivity contribution >= 4 is 38.6 Å². The highest BCUT2D eigenvalue weighted by atomic mass is 79.9. The van der Waals surface area contributed by atoms with Crippen LogP contribution in [0.3, 0.4) is 0 Å². The van der Waals surface area contributed by atoms with Crippen LogP contribution in [-0.2, 0) is 4.79 Å².